The molecule has 124 valence electrons. The number of rotatable bonds is 4. The van der Waals surface area contributed by atoms with E-state index in [0.717, 1.165) is 36.0 Å². The minimum atomic E-state index is -0.128. The van der Waals surface area contributed by atoms with E-state index in [1.165, 1.54) is 12.8 Å². The molecule has 1 aromatic carbocycles. The first-order chi connectivity index (χ1) is 11.1. The quantitative estimate of drug-likeness (QED) is 0.868. The van der Waals surface area contributed by atoms with Crippen LogP contribution in [0.25, 0.3) is 5.69 Å². The summed E-state index contributed by atoms with van der Waals surface area (Å²) in [6.07, 6.45) is 4.52. The molecule has 1 aliphatic rings. The number of nitrogens with zero attached hydrogens (tertiary/aromatic N) is 5. The Kier molecular flexibility index (Phi) is 4.35. The fourth-order valence-corrected chi connectivity index (χ4v) is 3.55. The summed E-state index contributed by atoms with van der Waals surface area (Å²) in [5, 5.41) is 12.7. The zero-order chi connectivity index (χ0) is 16.4. The van der Waals surface area contributed by atoms with Crippen LogP contribution in [0, 0.1) is 5.92 Å². The van der Waals surface area contributed by atoms with Gasteiger partial charge in [-0.1, -0.05) is 19.1 Å². The Morgan fingerprint density at radius 1 is 1.22 bits per heavy atom. The van der Waals surface area contributed by atoms with Crippen molar-refractivity contribution in [1.29, 1.82) is 0 Å². The van der Waals surface area contributed by atoms with Crippen molar-refractivity contribution in [2.75, 3.05) is 21.2 Å². The number of tetrazole rings is 1. The summed E-state index contributed by atoms with van der Waals surface area (Å²) in [6.45, 7) is 2.32. The summed E-state index contributed by atoms with van der Waals surface area (Å²) in [6, 6.07) is 7.87. The standard InChI is InChI=1S/C17H25N5O/c1-13-9-11-17(12-10-13,21(2)3)16-18-19-20-22(16)14-7-5-6-8-15(14)23-4/h5-8,13H,9-12H2,1-4H3. The van der Waals surface area contributed by atoms with Crippen LogP contribution in [-0.2, 0) is 5.54 Å². The molecule has 1 fully saturated rings. The number of para-hydroxylation sites is 2. The zero-order valence-electron chi connectivity index (χ0n) is 14.4. The van der Waals surface area contributed by atoms with Crippen LogP contribution in [0.2, 0.25) is 0 Å². The largest absolute Gasteiger partial charge is 0.494 e. The molecule has 0 saturated heterocycles. The van der Waals surface area contributed by atoms with Gasteiger partial charge in [0.2, 0.25) is 0 Å². The van der Waals surface area contributed by atoms with Crippen molar-refractivity contribution < 1.29 is 4.74 Å². The van der Waals surface area contributed by atoms with Gasteiger partial charge < -0.3 is 4.74 Å². The lowest BCUT2D eigenvalue weighted by atomic mass is 9.75. The van der Waals surface area contributed by atoms with Crippen LogP contribution in [0.3, 0.4) is 0 Å². The third-order valence-corrected chi connectivity index (χ3v) is 5.16. The molecular formula is C17H25N5O. The third-order valence-electron chi connectivity index (χ3n) is 5.16. The van der Waals surface area contributed by atoms with Gasteiger partial charge >= 0.3 is 0 Å². The van der Waals surface area contributed by atoms with Crippen LogP contribution in [-0.4, -0.2) is 46.3 Å². The number of hydrogen-bond acceptors (Lipinski definition) is 5. The maximum absolute atomic E-state index is 5.49. The first kappa shape index (κ1) is 15.9. The summed E-state index contributed by atoms with van der Waals surface area (Å²) in [5.74, 6) is 2.44. The molecule has 2 aromatic rings. The lowest BCUT2D eigenvalue weighted by molar-refractivity contribution is 0.0697. The maximum atomic E-state index is 5.49. The number of aromatic nitrogens is 4. The van der Waals surface area contributed by atoms with E-state index in [2.05, 4.69) is 41.4 Å². The topological polar surface area (TPSA) is 56.1 Å². The highest BCUT2D eigenvalue weighted by molar-refractivity contribution is 5.46. The highest BCUT2D eigenvalue weighted by Crippen LogP contribution is 2.42. The normalized spacial score (nSPS) is 24.8. The summed E-state index contributed by atoms with van der Waals surface area (Å²) < 4.78 is 7.33. The van der Waals surface area contributed by atoms with E-state index < -0.39 is 0 Å². The van der Waals surface area contributed by atoms with Gasteiger partial charge in [0.15, 0.2) is 5.82 Å². The second-order valence-corrected chi connectivity index (χ2v) is 6.69. The molecule has 1 heterocycles. The van der Waals surface area contributed by atoms with Crippen LogP contribution in [0.1, 0.15) is 38.4 Å². The number of ether oxygens (including phenoxy) is 1. The molecule has 23 heavy (non-hydrogen) atoms. The van der Waals surface area contributed by atoms with Gasteiger partial charge in [-0.3, -0.25) is 4.90 Å². The van der Waals surface area contributed by atoms with Gasteiger partial charge in [0.05, 0.1) is 12.6 Å². The van der Waals surface area contributed by atoms with Crippen LogP contribution >= 0.6 is 0 Å². The Bertz CT molecular complexity index is 659. The average molecular weight is 315 g/mol. The molecule has 0 radical (unpaired) electrons. The fourth-order valence-electron chi connectivity index (χ4n) is 3.55. The van der Waals surface area contributed by atoms with Crippen molar-refractivity contribution >= 4 is 0 Å². The zero-order valence-corrected chi connectivity index (χ0v) is 14.4. The van der Waals surface area contributed by atoms with Gasteiger partial charge in [-0.2, -0.15) is 4.68 Å². The van der Waals surface area contributed by atoms with E-state index >= 15 is 0 Å². The van der Waals surface area contributed by atoms with Crippen molar-refractivity contribution in [2.24, 2.45) is 5.92 Å². The Hall–Kier alpha value is -1.95. The van der Waals surface area contributed by atoms with Crippen LogP contribution in [0.4, 0.5) is 0 Å². The number of methoxy groups -OCH3 is 1. The van der Waals surface area contributed by atoms with E-state index in [-0.39, 0.29) is 5.54 Å². The molecule has 0 amide bonds. The molecule has 0 N–H and O–H groups in total. The second kappa shape index (κ2) is 6.28. The van der Waals surface area contributed by atoms with Crippen molar-refractivity contribution in [2.45, 2.75) is 38.1 Å². The monoisotopic (exact) mass is 315 g/mol. The van der Waals surface area contributed by atoms with Crippen LogP contribution < -0.4 is 4.74 Å². The van der Waals surface area contributed by atoms with E-state index in [1.54, 1.807) is 7.11 Å². The first-order valence-electron chi connectivity index (χ1n) is 8.18. The Balaban J connectivity index is 2.09. The second-order valence-electron chi connectivity index (χ2n) is 6.69. The maximum Gasteiger partial charge on any atom is 0.177 e. The van der Waals surface area contributed by atoms with Gasteiger partial charge in [-0.15, -0.1) is 5.10 Å². The lowest BCUT2D eigenvalue weighted by Crippen LogP contribution is -2.46. The lowest BCUT2D eigenvalue weighted by Gasteiger charge is -2.43. The average Bonchev–Trinajstić information content (AvgIpc) is 3.05. The summed E-state index contributed by atoms with van der Waals surface area (Å²) in [5.41, 5.74) is 0.756. The number of hydrogen-bond donors (Lipinski definition) is 0. The van der Waals surface area contributed by atoms with Crippen molar-refractivity contribution in [3.63, 3.8) is 0 Å². The third kappa shape index (κ3) is 2.72. The molecule has 0 aliphatic heterocycles. The van der Waals surface area contributed by atoms with Gasteiger partial charge in [-0.05, 0) is 68.3 Å². The molecule has 6 nitrogen and oxygen atoms in total. The minimum absolute atomic E-state index is 0.128. The van der Waals surface area contributed by atoms with Gasteiger partial charge in [-0.25, -0.2) is 0 Å². The molecule has 1 saturated carbocycles. The highest BCUT2D eigenvalue weighted by atomic mass is 16.5. The molecule has 1 aliphatic carbocycles. The van der Waals surface area contributed by atoms with Crippen molar-refractivity contribution in [3.8, 4) is 11.4 Å². The molecule has 0 atom stereocenters. The smallest absolute Gasteiger partial charge is 0.177 e. The predicted octanol–water partition coefficient (Wildman–Crippen LogP) is 2.64. The highest BCUT2D eigenvalue weighted by Gasteiger charge is 2.42. The van der Waals surface area contributed by atoms with Crippen molar-refractivity contribution in [1.82, 2.24) is 25.1 Å². The van der Waals surface area contributed by atoms with Crippen LogP contribution in [0.5, 0.6) is 5.75 Å². The Labute approximate surface area is 137 Å². The fraction of sp³-hybridized carbons (Fsp3) is 0.588. The molecule has 1 aromatic heterocycles. The van der Waals surface area contributed by atoms with E-state index in [4.69, 9.17) is 4.74 Å². The Morgan fingerprint density at radius 3 is 2.57 bits per heavy atom. The molecule has 0 unspecified atom stereocenters. The van der Waals surface area contributed by atoms with Gasteiger partial charge in [0, 0.05) is 0 Å². The van der Waals surface area contributed by atoms with E-state index in [1.807, 2.05) is 28.9 Å². The first-order valence-corrected chi connectivity index (χ1v) is 8.18. The molecular weight excluding hydrogens is 290 g/mol. The Morgan fingerprint density at radius 2 is 1.91 bits per heavy atom. The molecule has 0 spiro atoms. The van der Waals surface area contributed by atoms with Gasteiger partial charge in [0.1, 0.15) is 11.4 Å². The molecule has 0 bridgehead atoms. The summed E-state index contributed by atoms with van der Waals surface area (Å²) in [7, 11) is 5.92. The molecule has 6 heteroatoms. The number of benzene rings is 1. The molecule has 3 rings (SSSR count). The summed E-state index contributed by atoms with van der Waals surface area (Å²) in [4.78, 5) is 2.27. The summed E-state index contributed by atoms with van der Waals surface area (Å²) >= 11 is 0. The minimum Gasteiger partial charge on any atom is -0.494 e. The van der Waals surface area contributed by atoms with Crippen molar-refractivity contribution in [3.05, 3.63) is 30.1 Å². The predicted molar refractivity (Wildman–Crippen MR) is 88.7 cm³/mol. The SMILES string of the molecule is COc1ccccc1-n1nnnc1C1(N(C)C)CCC(C)CC1. The van der Waals surface area contributed by atoms with Crippen LogP contribution in [0.15, 0.2) is 24.3 Å². The van der Waals surface area contributed by atoms with E-state index in [0.29, 0.717) is 0 Å². The van der Waals surface area contributed by atoms with E-state index in [9.17, 15) is 0 Å². The van der Waals surface area contributed by atoms with Gasteiger partial charge in [0.25, 0.3) is 0 Å².